The summed E-state index contributed by atoms with van der Waals surface area (Å²) in [7, 11) is 0. The highest BCUT2D eigenvalue weighted by Crippen LogP contribution is 2.47. The molecule has 0 aromatic rings. The molecule has 3 rings (SSSR count). The van der Waals surface area contributed by atoms with E-state index in [0.717, 1.165) is 38.7 Å². The second-order valence-electron chi connectivity index (χ2n) is 7.67. The minimum atomic E-state index is 0.0482. The summed E-state index contributed by atoms with van der Waals surface area (Å²) in [6.07, 6.45) is 7.82. The Kier molecular flexibility index (Phi) is 4.20. The standard InChI is InChI=1S/C17H28O2S/c1-16(2)6-3-4-14(16)15(18)13-5-9-19-17(12-13)7-10-20-11-8-17/h13-14H,3-12H2,1-2H3. The lowest BCUT2D eigenvalue weighted by Crippen LogP contribution is -2.46. The van der Waals surface area contributed by atoms with Crippen molar-refractivity contribution in [3.8, 4) is 0 Å². The Labute approximate surface area is 127 Å². The predicted molar refractivity (Wildman–Crippen MR) is 84.1 cm³/mol. The number of hydrogen-bond donors (Lipinski definition) is 0. The van der Waals surface area contributed by atoms with Crippen LogP contribution in [0.15, 0.2) is 0 Å². The molecule has 2 unspecified atom stereocenters. The van der Waals surface area contributed by atoms with Crippen LogP contribution in [-0.2, 0) is 9.53 Å². The molecule has 0 radical (unpaired) electrons. The maximum absolute atomic E-state index is 13.0. The first-order valence-electron chi connectivity index (χ1n) is 8.28. The summed E-state index contributed by atoms with van der Waals surface area (Å²) in [6.45, 7) is 5.37. The van der Waals surface area contributed by atoms with Gasteiger partial charge in [-0.1, -0.05) is 20.3 Å². The third kappa shape index (κ3) is 2.81. The van der Waals surface area contributed by atoms with Gasteiger partial charge in [0, 0.05) is 18.4 Å². The quantitative estimate of drug-likeness (QED) is 0.768. The first kappa shape index (κ1) is 14.9. The van der Waals surface area contributed by atoms with E-state index in [1.165, 1.54) is 24.3 Å². The van der Waals surface area contributed by atoms with E-state index >= 15 is 0 Å². The van der Waals surface area contributed by atoms with E-state index in [2.05, 4.69) is 13.8 Å². The number of Topliss-reactive ketones (excluding diaryl/α,β-unsaturated/α-hetero) is 1. The van der Waals surface area contributed by atoms with E-state index in [-0.39, 0.29) is 16.9 Å². The zero-order chi connectivity index (χ0) is 14.2. The van der Waals surface area contributed by atoms with E-state index in [1.54, 1.807) is 0 Å². The third-order valence-electron chi connectivity index (χ3n) is 5.90. The Bertz CT molecular complexity index is 366. The Hall–Kier alpha value is -0.0200. The second kappa shape index (κ2) is 5.64. The summed E-state index contributed by atoms with van der Waals surface area (Å²) in [5, 5.41) is 0. The molecule has 2 heterocycles. The average Bonchev–Trinajstić information content (AvgIpc) is 2.78. The molecule has 1 spiro atoms. The molecule has 1 saturated carbocycles. The zero-order valence-electron chi connectivity index (χ0n) is 13.0. The number of rotatable bonds is 2. The Morgan fingerprint density at radius 2 is 1.90 bits per heavy atom. The van der Waals surface area contributed by atoms with Crippen LogP contribution in [0, 0.1) is 17.3 Å². The predicted octanol–water partition coefficient (Wildman–Crippen LogP) is 4.07. The highest BCUT2D eigenvalue weighted by Gasteiger charge is 2.46. The molecule has 20 heavy (non-hydrogen) atoms. The summed E-state index contributed by atoms with van der Waals surface area (Å²) >= 11 is 2.03. The van der Waals surface area contributed by atoms with Gasteiger partial charge in [0.15, 0.2) is 0 Å². The van der Waals surface area contributed by atoms with Crippen molar-refractivity contribution in [2.75, 3.05) is 18.1 Å². The van der Waals surface area contributed by atoms with Gasteiger partial charge in [0.1, 0.15) is 5.78 Å². The minimum Gasteiger partial charge on any atom is -0.375 e. The zero-order valence-corrected chi connectivity index (χ0v) is 13.8. The van der Waals surface area contributed by atoms with Gasteiger partial charge in [-0.05, 0) is 55.4 Å². The van der Waals surface area contributed by atoms with Crippen LogP contribution in [0.3, 0.4) is 0 Å². The van der Waals surface area contributed by atoms with Crippen molar-refractivity contribution in [2.45, 2.75) is 64.4 Å². The first-order chi connectivity index (χ1) is 9.53. The Balaban J connectivity index is 1.69. The van der Waals surface area contributed by atoms with Gasteiger partial charge in [0.2, 0.25) is 0 Å². The fourth-order valence-electron chi connectivity index (χ4n) is 4.50. The number of hydrogen-bond acceptors (Lipinski definition) is 3. The lowest BCUT2D eigenvalue weighted by molar-refractivity contribution is -0.144. The Morgan fingerprint density at radius 3 is 2.55 bits per heavy atom. The molecule has 0 bridgehead atoms. The number of ether oxygens (including phenoxy) is 1. The number of thioether (sulfide) groups is 1. The second-order valence-corrected chi connectivity index (χ2v) is 8.89. The molecule has 3 heteroatoms. The van der Waals surface area contributed by atoms with Crippen molar-refractivity contribution < 1.29 is 9.53 Å². The molecule has 3 aliphatic rings. The van der Waals surface area contributed by atoms with Crippen molar-refractivity contribution in [3.05, 3.63) is 0 Å². The van der Waals surface area contributed by atoms with Crippen molar-refractivity contribution in [3.63, 3.8) is 0 Å². The largest absolute Gasteiger partial charge is 0.375 e. The molecule has 3 fully saturated rings. The summed E-state index contributed by atoms with van der Waals surface area (Å²) in [6, 6.07) is 0. The molecule has 0 amide bonds. The maximum atomic E-state index is 13.0. The fourth-order valence-corrected chi connectivity index (χ4v) is 5.74. The van der Waals surface area contributed by atoms with Gasteiger partial charge in [0.25, 0.3) is 0 Å². The van der Waals surface area contributed by atoms with Crippen LogP contribution in [0.25, 0.3) is 0 Å². The van der Waals surface area contributed by atoms with Crippen LogP contribution >= 0.6 is 11.8 Å². The van der Waals surface area contributed by atoms with E-state index < -0.39 is 0 Å². The van der Waals surface area contributed by atoms with Crippen LogP contribution in [0.5, 0.6) is 0 Å². The van der Waals surface area contributed by atoms with E-state index in [9.17, 15) is 4.79 Å². The van der Waals surface area contributed by atoms with Crippen LogP contribution in [-0.4, -0.2) is 29.5 Å². The van der Waals surface area contributed by atoms with Gasteiger partial charge >= 0.3 is 0 Å². The monoisotopic (exact) mass is 296 g/mol. The van der Waals surface area contributed by atoms with Gasteiger partial charge < -0.3 is 4.74 Å². The summed E-state index contributed by atoms with van der Waals surface area (Å²) in [5.41, 5.74) is 0.275. The van der Waals surface area contributed by atoms with Gasteiger partial charge in [-0.2, -0.15) is 11.8 Å². The normalized spacial score (nSPS) is 36.1. The molecule has 0 aromatic carbocycles. The number of carbonyl (C=O) groups excluding carboxylic acids is 1. The van der Waals surface area contributed by atoms with Gasteiger partial charge in [0.05, 0.1) is 5.60 Å². The van der Waals surface area contributed by atoms with Crippen molar-refractivity contribution in [2.24, 2.45) is 17.3 Å². The van der Waals surface area contributed by atoms with Crippen LogP contribution in [0.4, 0.5) is 0 Å². The summed E-state index contributed by atoms with van der Waals surface area (Å²) < 4.78 is 6.14. The smallest absolute Gasteiger partial charge is 0.139 e. The van der Waals surface area contributed by atoms with Crippen LogP contribution < -0.4 is 0 Å². The number of ketones is 1. The lowest BCUT2D eigenvalue weighted by atomic mass is 9.71. The van der Waals surface area contributed by atoms with Gasteiger partial charge in [-0.3, -0.25) is 4.79 Å². The van der Waals surface area contributed by atoms with E-state index in [1.807, 2.05) is 11.8 Å². The topological polar surface area (TPSA) is 26.3 Å². The SMILES string of the molecule is CC1(C)CCCC1C(=O)C1CCOC2(CCSCC2)C1. The van der Waals surface area contributed by atoms with Crippen molar-refractivity contribution in [1.29, 1.82) is 0 Å². The highest BCUT2D eigenvalue weighted by molar-refractivity contribution is 7.99. The molecular weight excluding hydrogens is 268 g/mol. The molecule has 0 N–H and O–H groups in total. The molecule has 2 saturated heterocycles. The van der Waals surface area contributed by atoms with Crippen molar-refractivity contribution >= 4 is 17.5 Å². The molecule has 2 atom stereocenters. The molecule has 114 valence electrons. The van der Waals surface area contributed by atoms with E-state index in [0.29, 0.717) is 11.7 Å². The fraction of sp³-hybridized carbons (Fsp3) is 0.941. The minimum absolute atomic E-state index is 0.0482. The van der Waals surface area contributed by atoms with Crippen LogP contribution in [0.1, 0.15) is 58.8 Å². The van der Waals surface area contributed by atoms with Crippen molar-refractivity contribution in [1.82, 2.24) is 0 Å². The Morgan fingerprint density at radius 1 is 1.15 bits per heavy atom. The summed E-state index contributed by atoms with van der Waals surface area (Å²) in [5.74, 6) is 3.55. The van der Waals surface area contributed by atoms with Crippen LogP contribution in [0.2, 0.25) is 0 Å². The third-order valence-corrected chi connectivity index (χ3v) is 6.89. The van der Waals surface area contributed by atoms with E-state index in [4.69, 9.17) is 4.74 Å². The molecular formula is C17H28O2S. The van der Waals surface area contributed by atoms with Gasteiger partial charge in [-0.25, -0.2) is 0 Å². The molecule has 1 aliphatic carbocycles. The highest BCUT2D eigenvalue weighted by atomic mass is 32.2. The maximum Gasteiger partial charge on any atom is 0.139 e. The summed E-state index contributed by atoms with van der Waals surface area (Å²) in [4.78, 5) is 13.0. The van der Waals surface area contributed by atoms with Gasteiger partial charge in [-0.15, -0.1) is 0 Å². The number of carbonyl (C=O) groups is 1. The molecule has 0 aromatic heterocycles. The molecule has 2 nitrogen and oxygen atoms in total. The first-order valence-corrected chi connectivity index (χ1v) is 9.43. The molecule has 2 aliphatic heterocycles. The lowest BCUT2D eigenvalue weighted by Gasteiger charge is -2.44. The average molecular weight is 296 g/mol.